The van der Waals surface area contributed by atoms with Gasteiger partial charge in [-0.05, 0) is 18.6 Å². The highest BCUT2D eigenvalue weighted by Crippen LogP contribution is 2.14. The van der Waals surface area contributed by atoms with Crippen molar-refractivity contribution in [1.82, 2.24) is 4.90 Å². The van der Waals surface area contributed by atoms with Crippen LogP contribution in [0.2, 0.25) is 0 Å². The number of thioether (sulfide) groups is 1. The fourth-order valence-corrected chi connectivity index (χ4v) is 2.84. The molecule has 2 N–H and O–H groups in total. The molecule has 1 aliphatic heterocycles. The second kappa shape index (κ2) is 6.33. The summed E-state index contributed by atoms with van der Waals surface area (Å²) in [6.45, 7) is 3.64. The monoisotopic (exact) mass is 246 g/mol. The van der Waals surface area contributed by atoms with Gasteiger partial charge in [-0.2, -0.15) is 11.8 Å². The average Bonchev–Trinajstić information content (AvgIpc) is 2.45. The topological polar surface area (TPSA) is 46.3 Å². The number of thiocarbonyl (C=S) groups is 1. The van der Waals surface area contributed by atoms with E-state index >= 15 is 0 Å². The SMILES string of the molecule is CCC(C(=O)N1CCCSCC1)C(N)=S. The van der Waals surface area contributed by atoms with Gasteiger partial charge in [-0.1, -0.05) is 19.1 Å². The van der Waals surface area contributed by atoms with E-state index in [0.29, 0.717) is 11.4 Å². The Kier molecular flexibility index (Phi) is 5.39. The van der Waals surface area contributed by atoms with Gasteiger partial charge < -0.3 is 10.6 Å². The molecule has 1 saturated heterocycles. The van der Waals surface area contributed by atoms with Gasteiger partial charge in [0.2, 0.25) is 5.91 Å². The fourth-order valence-electron chi connectivity index (χ4n) is 1.68. The minimum absolute atomic E-state index is 0.118. The summed E-state index contributed by atoms with van der Waals surface area (Å²) >= 11 is 6.83. The summed E-state index contributed by atoms with van der Waals surface area (Å²) in [5.74, 6) is 2.03. The van der Waals surface area contributed by atoms with Crippen molar-refractivity contribution in [2.75, 3.05) is 24.6 Å². The molecule has 0 spiro atoms. The lowest BCUT2D eigenvalue weighted by molar-refractivity contribution is -0.133. The van der Waals surface area contributed by atoms with Crippen LogP contribution in [0, 0.1) is 5.92 Å². The second-order valence-corrected chi connectivity index (χ2v) is 5.35. The zero-order valence-corrected chi connectivity index (χ0v) is 10.7. The molecular weight excluding hydrogens is 228 g/mol. The van der Waals surface area contributed by atoms with E-state index in [2.05, 4.69) is 0 Å². The van der Waals surface area contributed by atoms with Crippen LogP contribution in [0.15, 0.2) is 0 Å². The summed E-state index contributed by atoms with van der Waals surface area (Å²) in [4.78, 5) is 14.3. The molecule has 0 aromatic heterocycles. The Balaban J connectivity index is 2.59. The number of hydrogen-bond donors (Lipinski definition) is 1. The Morgan fingerprint density at radius 3 is 2.87 bits per heavy atom. The second-order valence-electron chi connectivity index (χ2n) is 3.65. The van der Waals surface area contributed by atoms with Crippen molar-refractivity contribution in [2.24, 2.45) is 11.7 Å². The van der Waals surface area contributed by atoms with Crippen LogP contribution in [0.1, 0.15) is 19.8 Å². The maximum Gasteiger partial charge on any atom is 0.232 e. The van der Waals surface area contributed by atoms with Crippen molar-refractivity contribution < 1.29 is 4.79 Å². The quantitative estimate of drug-likeness (QED) is 0.762. The first-order valence-corrected chi connectivity index (χ1v) is 6.89. The molecule has 1 fully saturated rings. The molecule has 0 saturated carbocycles. The van der Waals surface area contributed by atoms with Gasteiger partial charge in [-0.25, -0.2) is 0 Å². The van der Waals surface area contributed by atoms with E-state index in [4.69, 9.17) is 18.0 Å². The Morgan fingerprint density at radius 1 is 1.53 bits per heavy atom. The van der Waals surface area contributed by atoms with Gasteiger partial charge in [0, 0.05) is 18.8 Å². The number of nitrogens with zero attached hydrogens (tertiary/aromatic N) is 1. The largest absolute Gasteiger partial charge is 0.393 e. The molecule has 0 aromatic rings. The van der Waals surface area contributed by atoms with Gasteiger partial charge in [-0.3, -0.25) is 4.79 Å². The molecule has 15 heavy (non-hydrogen) atoms. The van der Waals surface area contributed by atoms with Gasteiger partial charge in [0.25, 0.3) is 0 Å². The van der Waals surface area contributed by atoms with Crippen molar-refractivity contribution in [3.63, 3.8) is 0 Å². The minimum Gasteiger partial charge on any atom is -0.393 e. The van der Waals surface area contributed by atoms with Gasteiger partial charge in [0.05, 0.1) is 10.9 Å². The van der Waals surface area contributed by atoms with Crippen LogP contribution in [0.25, 0.3) is 0 Å². The molecule has 0 radical (unpaired) electrons. The lowest BCUT2D eigenvalue weighted by Crippen LogP contribution is -2.42. The molecule has 1 heterocycles. The maximum absolute atomic E-state index is 12.1. The molecule has 0 aliphatic carbocycles. The summed E-state index contributed by atoms with van der Waals surface area (Å²) in [6, 6.07) is 0. The molecule has 1 amide bonds. The van der Waals surface area contributed by atoms with Gasteiger partial charge >= 0.3 is 0 Å². The van der Waals surface area contributed by atoms with E-state index in [1.807, 2.05) is 23.6 Å². The lowest BCUT2D eigenvalue weighted by atomic mass is 10.1. The highest BCUT2D eigenvalue weighted by Gasteiger charge is 2.25. The highest BCUT2D eigenvalue weighted by molar-refractivity contribution is 7.99. The summed E-state index contributed by atoms with van der Waals surface area (Å²) in [6.07, 6.45) is 1.78. The van der Waals surface area contributed by atoms with Crippen LogP contribution >= 0.6 is 24.0 Å². The third-order valence-electron chi connectivity index (χ3n) is 2.58. The maximum atomic E-state index is 12.1. The first-order chi connectivity index (χ1) is 7.16. The lowest BCUT2D eigenvalue weighted by Gasteiger charge is -2.24. The van der Waals surface area contributed by atoms with Crippen LogP contribution in [0.3, 0.4) is 0 Å². The number of amides is 1. The van der Waals surface area contributed by atoms with E-state index in [1.54, 1.807) is 0 Å². The Morgan fingerprint density at radius 2 is 2.27 bits per heavy atom. The highest BCUT2D eigenvalue weighted by atomic mass is 32.2. The van der Waals surface area contributed by atoms with Crippen molar-refractivity contribution in [2.45, 2.75) is 19.8 Å². The molecule has 86 valence electrons. The van der Waals surface area contributed by atoms with E-state index in [1.165, 1.54) is 0 Å². The summed E-state index contributed by atoms with van der Waals surface area (Å²) in [5, 5.41) is 0. The molecular formula is C10H18N2OS2. The fraction of sp³-hybridized carbons (Fsp3) is 0.800. The minimum atomic E-state index is -0.261. The third kappa shape index (κ3) is 3.65. The molecule has 1 rings (SSSR count). The Labute approximate surface area is 101 Å². The van der Waals surface area contributed by atoms with Crippen molar-refractivity contribution in [3.8, 4) is 0 Å². The number of hydrogen-bond acceptors (Lipinski definition) is 3. The predicted molar refractivity (Wildman–Crippen MR) is 69.1 cm³/mol. The van der Waals surface area contributed by atoms with Gasteiger partial charge in [-0.15, -0.1) is 0 Å². The zero-order valence-electron chi connectivity index (χ0n) is 9.07. The van der Waals surface area contributed by atoms with Crippen molar-refractivity contribution >= 4 is 34.9 Å². The van der Waals surface area contributed by atoms with Gasteiger partial charge in [0.15, 0.2) is 0 Å². The smallest absolute Gasteiger partial charge is 0.232 e. The molecule has 5 heteroatoms. The van der Waals surface area contributed by atoms with Crippen LogP contribution in [-0.4, -0.2) is 40.4 Å². The third-order valence-corrected chi connectivity index (χ3v) is 3.92. The van der Waals surface area contributed by atoms with Crippen LogP contribution in [0.4, 0.5) is 0 Å². The molecule has 1 atom stereocenters. The molecule has 0 aromatic carbocycles. The standard InChI is InChI=1S/C10H18N2OS2/c1-2-8(9(11)14)10(13)12-4-3-6-15-7-5-12/h8H,2-7H2,1H3,(H2,11,14). The van der Waals surface area contributed by atoms with Crippen molar-refractivity contribution in [3.05, 3.63) is 0 Å². The molecule has 1 unspecified atom stereocenters. The van der Waals surface area contributed by atoms with Crippen LogP contribution < -0.4 is 5.73 Å². The number of nitrogens with two attached hydrogens (primary N) is 1. The first-order valence-electron chi connectivity index (χ1n) is 5.32. The Hall–Kier alpha value is -0.290. The van der Waals surface area contributed by atoms with E-state index < -0.39 is 0 Å². The summed E-state index contributed by atoms with van der Waals surface area (Å²) in [5.41, 5.74) is 5.57. The molecule has 0 bridgehead atoms. The van der Waals surface area contributed by atoms with Gasteiger partial charge in [0.1, 0.15) is 0 Å². The summed E-state index contributed by atoms with van der Waals surface area (Å²) in [7, 11) is 0. The molecule has 3 nitrogen and oxygen atoms in total. The van der Waals surface area contributed by atoms with E-state index in [-0.39, 0.29) is 11.8 Å². The number of carbonyl (C=O) groups is 1. The normalized spacial score (nSPS) is 19.4. The van der Waals surface area contributed by atoms with E-state index in [9.17, 15) is 4.79 Å². The zero-order chi connectivity index (χ0) is 11.3. The first kappa shape index (κ1) is 12.8. The van der Waals surface area contributed by atoms with Crippen LogP contribution in [-0.2, 0) is 4.79 Å². The number of carbonyl (C=O) groups excluding carboxylic acids is 1. The number of rotatable bonds is 3. The molecule has 1 aliphatic rings. The van der Waals surface area contributed by atoms with E-state index in [0.717, 1.165) is 31.0 Å². The summed E-state index contributed by atoms with van der Waals surface area (Å²) < 4.78 is 0. The van der Waals surface area contributed by atoms with Crippen LogP contribution in [0.5, 0.6) is 0 Å². The Bertz CT molecular complexity index is 238. The van der Waals surface area contributed by atoms with Crippen molar-refractivity contribution in [1.29, 1.82) is 0 Å². The average molecular weight is 246 g/mol. The predicted octanol–water partition coefficient (Wildman–Crippen LogP) is 1.26.